The van der Waals surface area contributed by atoms with Crippen molar-refractivity contribution in [3.05, 3.63) is 71.8 Å². The summed E-state index contributed by atoms with van der Waals surface area (Å²) in [6.07, 6.45) is 5.52. The number of likely N-dealkylation sites (tertiary alicyclic amines) is 1. The van der Waals surface area contributed by atoms with Crippen LogP contribution in [-0.2, 0) is 6.54 Å². The highest BCUT2D eigenvalue weighted by molar-refractivity contribution is 5.84. The molecule has 1 N–H and O–H groups in total. The highest BCUT2D eigenvalue weighted by Gasteiger charge is 2.22. The number of anilines is 1. The van der Waals surface area contributed by atoms with Crippen LogP contribution in [0.25, 0.3) is 10.8 Å². The van der Waals surface area contributed by atoms with Crippen LogP contribution in [0.1, 0.15) is 18.4 Å². The first kappa shape index (κ1) is 17.8. The molecular weight excluding hydrogens is 351 g/mol. The van der Waals surface area contributed by atoms with Gasteiger partial charge in [0.2, 0.25) is 0 Å². The number of benzene rings is 2. The van der Waals surface area contributed by atoms with E-state index in [0.29, 0.717) is 12.6 Å². The molecule has 4 rings (SSSR count). The monoisotopic (exact) mass is 371 g/mol. The summed E-state index contributed by atoms with van der Waals surface area (Å²) in [7, 11) is 0. The minimum Gasteiger partial charge on any atom is -0.381 e. The standard InChI is InChI=1S/C21H20F3N3/c22-17-8-16(21(24)20(23)10-17)12-27-7-1-2-19(13-27)26-18-4-3-15-11-25-6-5-14(15)9-18/h3-6,8-11,19,26H,1-2,7,12-13H2. The van der Waals surface area contributed by atoms with Crippen molar-refractivity contribution < 1.29 is 13.2 Å². The first-order valence-corrected chi connectivity index (χ1v) is 9.04. The van der Waals surface area contributed by atoms with Crippen LogP contribution in [0.5, 0.6) is 0 Å². The maximum absolute atomic E-state index is 13.9. The maximum Gasteiger partial charge on any atom is 0.163 e. The van der Waals surface area contributed by atoms with Crippen LogP contribution in [0.4, 0.5) is 18.9 Å². The van der Waals surface area contributed by atoms with Gasteiger partial charge in [0.25, 0.3) is 0 Å². The summed E-state index contributed by atoms with van der Waals surface area (Å²) in [5, 5.41) is 5.71. The number of nitrogens with one attached hydrogen (secondary N) is 1. The summed E-state index contributed by atoms with van der Waals surface area (Å²) in [5.41, 5.74) is 1.08. The number of pyridine rings is 1. The molecule has 2 aromatic carbocycles. The van der Waals surface area contributed by atoms with Gasteiger partial charge in [0.15, 0.2) is 11.6 Å². The number of rotatable bonds is 4. The number of halogens is 3. The first-order chi connectivity index (χ1) is 13.1. The molecule has 1 aromatic heterocycles. The van der Waals surface area contributed by atoms with E-state index in [1.54, 1.807) is 6.20 Å². The Balaban J connectivity index is 1.44. The van der Waals surface area contributed by atoms with Crippen LogP contribution in [0.2, 0.25) is 0 Å². The molecule has 27 heavy (non-hydrogen) atoms. The minimum atomic E-state index is -1.14. The molecule has 6 heteroatoms. The molecule has 0 bridgehead atoms. The van der Waals surface area contributed by atoms with E-state index in [4.69, 9.17) is 0 Å². The fourth-order valence-electron chi connectivity index (χ4n) is 3.69. The number of piperidine rings is 1. The quantitative estimate of drug-likeness (QED) is 0.672. The average molecular weight is 371 g/mol. The van der Waals surface area contributed by atoms with Crippen LogP contribution in [0.15, 0.2) is 48.8 Å². The molecule has 0 radical (unpaired) electrons. The van der Waals surface area contributed by atoms with Gasteiger partial charge in [0.05, 0.1) is 0 Å². The molecule has 0 aliphatic carbocycles. The maximum atomic E-state index is 13.9. The topological polar surface area (TPSA) is 28.2 Å². The number of nitrogens with zero attached hydrogens (tertiary/aromatic N) is 2. The van der Waals surface area contributed by atoms with Crippen molar-refractivity contribution in [3.63, 3.8) is 0 Å². The molecule has 1 fully saturated rings. The fraction of sp³-hybridized carbons (Fsp3) is 0.286. The summed E-state index contributed by atoms with van der Waals surface area (Å²) in [5.74, 6) is -2.85. The molecule has 140 valence electrons. The van der Waals surface area contributed by atoms with Gasteiger partial charge in [-0.3, -0.25) is 9.88 Å². The van der Waals surface area contributed by atoms with E-state index in [1.807, 2.05) is 29.3 Å². The number of hydrogen-bond acceptors (Lipinski definition) is 3. The van der Waals surface area contributed by atoms with Crippen LogP contribution < -0.4 is 5.32 Å². The summed E-state index contributed by atoms with van der Waals surface area (Å²) < 4.78 is 40.8. The zero-order valence-electron chi connectivity index (χ0n) is 14.8. The molecule has 0 spiro atoms. The third kappa shape index (κ3) is 4.06. The highest BCUT2D eigenvalue weighted by Crippen LogP contribution is 2.23. The molecule has 0 saturated carbocycles. The third-order valence-corrected chi connectivity index (χ3v) is 4.98. The van der Waals surface area contributed by atoms with Crippen molar-refractivity contribution in [2.45, 2.75) is 25.4 Å². The normalized spacial score (nSPS) is 18.0. The molecule has 1 saturated heterocycles. The molecule has 2 heterocycles. The Bertz CT molecular complexity index is 961. The van der Waals surface area contributed by atoms with Crippen LogP contribution in [0, 0.1) is 17.5 Å². The predicted octanol–water partition coefficient (Wildman–Crippen LogP) is 4.73. The van der Waals surface area contributed by atoms with Crippen molar-refractivity contribution in [1.29, 1.82) is 0 Å². The highest BCUT2D eigenvalue weighted by atomic mass is 19.2. The van der Waals surface area contributed by atoms with Gasteiger partial charge in [-0.2, -0.15) is 0 Å². The first-order valence-electron chi connectivity index (χ1n) is 9.04. The molecule has 1 aliphatic heterocycles. The van der Waals surface area contributed by atoms with Crippen molar-refractivity contribution >= 4 is 16.5 Å². The predicted molar refractivity (Wildman–Crippen MR) is 100.0 cm³/mol. The number of aromatic nitrogens is 1. The lowest BCUT2D eigenvalue weighted by Gasteiger charge is -2.33. The van der Waals surface area contributed by atoms with Gasteiger partial charge in [0, 0.05) is 54.2 Å². The molecule has 3 aromatic rings. The minimum absolute atomic E-state index is 0.0614. The van der Waals surface area contributed by atoms with E-state index in [0.717, 1.165) is 41.9 Å². The molecule has 1 atom stereocenters. The van der Waals surface area contributed by atoms with Gasteiger partial charge in [0.1, 0.15) is 5.82 Å². The Kier molecular flexibility index (Phi) is 4.99. The zero-order valence-corrected chi connectivity index (χ0v) is 14.8. The van der Waals surface area contributed by atoms with Gasteiger partial charge in [-0.1, -0.05) is 6.07 Å². The van der Waals surface area contributed by atoms with Crippen LogP contribution in [-0.4, -0.2) is 29.0 Å². The molecule has 1 aliphatic rings. The summed E-state index contributed by atoms with van der Waals surface area (Å²) in [6, 6.07) is 9.94. The second kappa shape index (κ2) is 7.56. The van der Waals surface area contributed by atoms with E-state index in [9.17, 15) is 13.2 Å². The van der Waals surface area contributed by atoms with Crippen molar-refractivity contribution in [3.8, 4) is 0 Å². The number of hydrogen-bond donors (Lipinski definition) is 1. The van der Waals surface area contributed by atoms with E-state index in [-0.39, 0.29) is 18.2 Å². The molecule has 1 unspecified atom stereocenters. The van der Waals surface area contributed by atoms with Gasteiger partial charge in [-0.15, -0.1) is 0 Å². The SMILES string of the molecule is Fc1cc(F)c(F)c(CN2CCCC(Nc3ccc4cnccc4c3)C2)c1. The summed E-state index contributed by atoms with van der Waals surface area (Å²) in [4.78, 5) is 6.15. The van der Waals surface area contributed by atoms with Crippen LogP contribution >= 0.6 is 0 Å². The Morgan fingerprint density at radius 3 is 2.85 bits per heavy atom. The average Bonchev–Trinajstić information content (AvgIpc) is 2.66. The Labute approximate surface area is 155 Å². The summed E-state index contributed by atoms with van der Waals surface area (Å²) in [6.45, 7) is 1.66. The zero-order chi connectivity index (χ0) is 18.8. The summed E-state index contributed by atoms with van der Waals surface area (Å²) >= 11 is 0. The van der Waals surface area contributed by atoms with E-state index < -0.39 is 17.5 Å². The molecule has 0 amide bonds. The van der Waals surface area contributed by atoms with Gasteiger partial charge < -0.3 is 5.32 Å². The smallest absolute Gasteiger partial charge is 0.163 e. The van der Waals surface area contributed by atoms with Crippen molar-refractivity contribution in [2.24, 2.45) is 0 Å². The van der Waals surface area contributed by atoms with E-state index in [1.165, 1.54) is 0 Å². The van der Waals surface area contributed by atoms with E-state index in [2.05, 4.69) is 16.4 Å². The largest absolute Gasteiger partial charge is 0.381 e. The van der Waals surface area contributed by atoms with Gasteiger partial charge in [-0.25, -0.2) is 13.2 Å². The lowest BCUT2D eigenvalue weighted by Crippen LogP contribution is -2.41. The molecule has 3 nitrogen and oxygen atoms in total. The van der Waals surface area contributed by atoms with Gasteiger partial charge in [-0.05, 0) is 49.0 Å². The van der Waals surface area contributed by atoms with Crippen molar-refractivity contribution in [2.75, 3.05) is 18.4 Å². The van der Waals surface area contributed by atoms with E-state index >= 15 is 0 Å². The number of fused-ring (bicyclic) bond motifs is 1. The fourth-order valence-corrected chi connectivity index (χ4v) is 3.69. The lowest BCUT2D eigenvalue weighted by atomic mass is 10.0. The van der Waals surface area contributed by atoms with Crippen molar-refractivity contribution in [1.82, 2.24) is 9.88 Å². The van der Waals surface area contributed by atoms with Crippen LogP contribution in [0.3, 0.4) is 0 Å². The Hall–Kier alpha value is -2.60. The van der Waals surface area contributed by atoms with Gasteiger partial charge >= 0.3 is 0 Å². The Morgan fingerprint density at radius 1 is 1.07 bits per heavy atom. The second-order valence-electron chi connectivity index (χ2n) is 7.02. The second-order valence-corrected chi connectivity index (χ2v) is 7.02. The third-order valence-electron chi connectivity index (χ3n) is 4.98. The molecular formula is C21H20F3N3. The Morgan fingerprint density at radius 2 is 1.96 bits per heavy atom. The lowest BCUT2D eigenvalue weighted by molar-refractivity contribution is 0.205.